The first-order valence-corrected chi connectivity index (χ1v) is 4.85. The fourth-order valence-electron chi connectivity index (χ4n) is 2.30. The zero-order chi connectivity index (χ0) is 7.52. The molecule has 0 aromatic heterocycles. The topological polar surface area (TPSA) is 12.0 Å². The Hall–Kier alpha value is -0.300. The van der Waals surface area contributed by atoms with Gasteiger partial charge in [0, 0.05) is 6.04 Å². The van der Waals surface area contributed by atoms with Gasteiger partial charge in [-0.25, -0.2) is 0 Å². The molecular weight excluding hydrogens is 134 g/mol. The Bertz CT molecular complexity index is 145. The molecule has 0 aromatic rings. The summed E-state index contributed by atoms with van der Waals surface area (Å²) in [7, 11) is 0. The molecular formula is C10H17N. The van der Waals surface area contributed by atoms with Gasteiger partial charge in [-0.1, -0.05) is 12.2 Å². The molecule has 62 valence electrons. The molecule has 2 aliphatic rings. The van der Waals surface area contributed by atoms with Gasteiger partial charge in [-0.3, -0.25) is 0 Å². The van der Waals surface area contributed by atoms with Crippen LogP contribution in [0.1, 0.15) is 32.1 Å². The van der Waals surface area contributed by atoms with Crippen LogP contribution in [0.4, 0.5) is 0 Å². The molecule has 1 fully saturated rings. The SMILES string of the molecule is C1=CCC(C2CCCN2)CC1. The second-order valence-electron chi connectivity index (χ2n) is 3.75. The molecule has 11 heavy (non-hydrogen) atoms. The van der Waals surface area contributed by atoms with Crippen LogP contribution in [0, 0.1) is 5.92 Å². The lowest BCUT2D eigenvalue weighted by Crippen LogP contribution is -2.30. The number of rotatable bonds is 1. The summed E-state index contributed by atoms with van der Waals surface area (Å²) in [6, 6.07) is 0.847. The van der Waals surface area contributed by atoms with Crippen LogP contribution in [0.25, 0.3) is 0 Å². The van der Waals surface area contributed by atoms with Crippen molar-refractivity contribution in [2.75, 3.05) is 6.54 Å². The summed E-state index contributed by atoms with van der Waals surface area (Å²) in [6.45, 7) is 1.25. The summed E-state index contributed by atoms with van der Waals surface area (Å²) in [6.07, 6.45) is 11.5. The van der Waals surface area contributed by atoms with Crippen molar-refractivity contribution >= 4 is 0 Å². The molecule has 0 bridgehead atoms. The molecule has 0 amide bonds. The van der Waals surface area contributed by atoms with Gasteiger partial charge in [-0.05, 0) is 44.6 Å². The third-order valence-corrected chi connectivity index (χ3v) is 2.98. The smallest absolute Gasteiger partial charge is 0.00988 e. The fraction of sp³-hybridized carbons (Fsp3) is 0.800. The minimum absolute atomic E-state index is 0.847. The van der Waals surface area contributed by atoms with E-state index >= 15 is 0 Å². The normalized spacial score (nSPS) is 37.8. The number of allylic oxidation sites excluding steroid dienone is 2. The van der Waals surface area contributed by atoms with Crippen molar-refractivity contribution < 1.29 is 0 Å². The van der Waals surface area contributed by atoms with Gasteiger partial charge in [0.05, 0.1) is 0 Å². The summed E-state index contributed by atoms with van der Waals surface area (Å²) in [5, 5.41) is 3.59. The number of hydrogen-bond donors (Lipinski definition) is 1. The van der Waals surface area contributed by atoms with Crippen LogP contribution >= 0.6 is 0 Å². The highest BCUT2D eigenvalue weighted by atomic mass is 14.9. The molecule has 0 radical (unpaired) electrons. The maximum absolute atomic E-state index is 3.59. The van der Waals surface area contributed by atoms with Crippen LogP contribution in [0.15, 0.2) is 12.2 Å². The summed E-state index contributed by atoms with van der Waals surface area (Å²) < 4.78 is 0. The van der Waals surface area contributed by atoms with Crippen LogP contribution in [0.3, 0.4) is 0 Å². The first-order valence-electron chi connectivity index (χ1n) is 4.85. The average Bonchev–Trinajstić information content (AvgIpc) is 2.58. The van der Waals surface area contributed by atoms with E-state index in [9.17, 15) is 0 Å². The highest BCUT2D eigenvalue weighted by molar-refractivity contribution is 4.95. The molecule has 1 N–H and O–H groups in total. The summed E-state index contributed by atoms with van der Waals surface area (Å²) >= 11 is 0. The van der Waals surface area contributed by atoms with E-state index < -0.39 is 0 Å². The first kappa shape index (κ1) is 7.35. The lowest BCUT2D eigenvalue weighted by atomic mass is 9.87. The van der Waals surface area contributed by atoms with Gasteiger partial charge in [-0.2, -0.15) is 0 Å². The largest absolute Gasteiger partial charge is 0.314 e. The van der Waals surface area contributed by atoms with E-state index in [1.807, 2.05) is 0 Å². The molecule has 2 unspecified atom stereocenters. The predicted molar refractivity (Wildman–Crippen MR) is 47.5 cm³/mol. The Morgan fingerprint density at radius 1 is 1.18 bits per heavy atom. The van der Waals surface area contributed by atoms with Crippen LogP contribution < -0.4 is 5.32 Å². The molecule has 1 heterocycles. The van der Waals surface area contributed by atoms with E-state index in [0.29, 0.717) is 0 Å². The lowest BCUT2D eigenvalue weighted by Gasteiger charge is -2.24. The van der Waals surface area contributed by atoms with Crippen molar-refractivity contribution in [1.82, 2.24) is 5.32 Å². The van der Waals surface area contributed by atoms with Crippen molar-refractivity contribution in [2.45, 2.75) is 38.1 Å². The average molecular weight is 151 g/mol. The minimum atomic E-state index is 0.847. The van der Waals surface area contributed by atoms with Gasteiger partial charge in [0.1, 0.15) is 0 Å². The van der Waals surface area contributed by atoms with E-state index in [0.717, 1.165) is 12.0 Å². The summed E-state index contributed by atoms with van der Waals surface area (Å²) in [5.74, 6) is 0.947. The van der Waals surface area contributed by atoms with E-state index in [1.54, 1.807) is 0 Å². The van der Waals surface area contributed by atoms with Crippen LogP contribution in [0.5, 0.6) is 0 Å². The van der Waals surface area contributed by atoms with Crippen LogP contribution in [0.2, 0.25) is 0 Å². The van der Waals surface area contributed by atoms with Crippen molar-refractivity contribution in [3.63, 3.8) is 0 Å². The molecule has 0 spiro atoms. The Morgan fingerprint density at radius 2 is 2.18 bits per heavy atom. The van der Waals surface area contributed by atoms with Gasteiger partial charge in [0.2, 0.25) is 0 Å². The quantitative estimate of drug-likeness (QED) is 0.566. The Balaban J connectivity index is 1.88. The molecule has 0 saturated carbocycles. The van der Waals surface area contributed by atoms with Gasteiger partial charge in [-0.15, -0.1) is 0 Å². The van der Waals surface area contributed by atoms with Crippen LogP contribution in [-0.4, -0.2) is 12.6 Å². The van der Waals surface area contributed by atoms with Gasteiger partial charge in [0.25, 0.3) is 0 Å². The van der Waals surface area contributed by atoms with E-state index in [2.05, 4.69) is 17.5 Å². The van der Waals surface area contributed by atoms with E-state index in [4.69, 9.17) is 0 Å². The lowest BCUT2D eigenvalue weighted by molar-refractivity contribution is 0.361. The van der Waals surface area contributed by atoms with Crippen molar-refractivity contribution in [3.8, 4) is 0 Å². The van der Waals surface area contributed by atoms with Crippen molar-refractivity contribution in [3.05, 3.63) is 12.2 Å². The van der Waals surface area contributed by atoms with E-state index in [-0.39, 0.29) is 0 Å². The maximum atomic E-state index is 3.59. The molecule has 1 nitrogen and oxygen atoms in total. The van der Waals surface area contributed by atoms with Crippen LogP contribution in [-0.2, 0) is 0 Å². The molecule has 1 aliphatic heterocycles. The minimum Gasteiger partial charge on any atom is -0.314 e. The molecule has 1 heteroatoms. The highest BCUT2D eigenvalue weighted by Crippen LogP contribution is 2.26. The maximum Gasteiger partial charge on any atom is 0.00988 e. The molecule has 0 aromatic carbocycles. The van der Waals surface area contributed by atoms with Gasteiger partial charge in [0.15, 0.2) is 0 Å². The van der Waals surface area contributed by atoms with Gasteiger partial charge >= 0.3 is 0 Å². The number of hydrogen-bond acceptors (Lipinski definition) is 1. The Kier molecular flexibility index (Phi) is 2.27. The van der Waals surface area contributed by atoms with Crippen molar-refractivity contribution in [1.29, 1.82) is 0 Å². The molecule has 1 saturated heterocycles. The fourth-order valence-corrected chi connectivity index (χ4v) is 2.30. The highest BCUT2D eigenvalue weighted by Gasteiger charge is 2.23. The zero-order valence-electron chi connectivity index (χ0n) is 7.05. The predicted octanol–water partition coefficient (Wildman–Crippen LogP) is 2.09. The second-order valence-corrected chi connectivity index (χ2v) is 3.75. The molecule has 2 atom stereocenters. The third-order valence-electron chi connectivity index (χ3n) is 2.98. The third kappa shape index (κ3) is 1.64. The Morgan fingerprint density at radius 3 is 2.82 bits per heavy atom. The van der Waals surface area contributed by atoms with Gasteiger partial charge < -0.3 is 5.32 Å². The summed E-state index contributed by atoms with van der Waals surface area (Å²) in [4.78, 5) is 0. The zero-order valence-corrected chi connectivity index (χ0v) is 7.05. The molecule has 1 aliphatic carbocycles. The standard InChI is InChI=1S/C10H17N/c1-2-5-9(6-3-1)10-7-4-8-11-10/h1-2,9-11H,3-8H2. The second kappa shape index (κ2) is 3.40. The number of nitrogens with one attached hydrogen (secondary N) is 1. The first-order chi connectivity index (χ1) is 5.47. The van der Waals surface area contributed by atoms with Crippen molar-refractivity contribution in [2.24, 2.45) is 5.92 Å². The Labute approximate surface area is 68.9 Å². The summed E-state index contributed by atoms with van der Waals surface area (Å²) in [5.41, 5.74) is 0. The van der Waals surface area contributed by atoms with E-state index in [1.165, 1.54) is 38.6 Å². The monoisotopic (exact) mass is 151 g/mol. The molecule has 2 rings (SSSR count).